The van der Waals surface area contributed by atoms with Crippen LogP contribution in [0, 0.1) is 5.82 Å². The van der Waals surface area contributed by atoms with E-state index in [1.54, 1.807) is 30.3 Å². The molecule has 4 nitrogen and oxygen atoms in total. The number of halogens is 1. The molecule has 0 fully saturated rings. The maximum absolute atomic E-state index is 13.0. The minimum Gasteiger partial charge on any atom is -0.497 e. The molecule has 0 aliphatic rings. The lowest BCUT2D eigenvalue weighted by molar-refractivity contribution is -0.138. The summed E-state index contributed by atoms with van der Waals surface area (Å²) in [7, 11) is 3.00. The highest BCUT2D eigenvalue weighted by atomic mass is 19.1. The number of methoxy groups -OCH3 is 2. The van der Waals surface area contributed by atoms with E-state index in [0.717, 1.165) is 5.56 Å². The molecular weight excluding hydrogens is 287 g/mol. The number of carbonyl (C=O) groups is 1. The van der Waals surface area contributed by atoms with Gasteiger partial charge >= 0.3 is 5.97 Å². The quantitative estimate of drug-likeness (QED) is 0.890. The summed E-state index contributed by atoms with van der Waals surface area (Å²) in [6, 6.07) is 10.8. The number of rotatable bonds is 6. The Morgan fingerprint density at radius 1 is 1.14 bits per heavy atom. The normalized spacial score (nSPS) is 11.8. The molecule has 0 aromatic heterocycles. The van der Waals surface area contributed by atoms with Crippen molar-refractivity contribution in [3.63, 3.8) is 0 Å². The number of benzene rings is 2. The molecular formula is C17H17FO4. The van der Waals surface area contributed by atoms with Crippen LogP contribution in [-0.2, 0) is 11.2 Å². The molecule has 0 heterocycles. The molecule has 0 amide bonds. The smallest absolute Gasteiger partial charge is 0.311 e. The summed E-state index contributed by atoms with van der Waals surface area (Å²) in [4.78, 5) is 11.7. The van der Waals surface area contributed by atoms with Crippen molar-refractivity contribution < 1.29 is 23.8 Å². The van der Waals surface area contributed by atoms with E-state index in [1.807, 2.05) is 0 Å². The Kier molecular flexibility index (Phi) is 4.99. The van der Waals surface area contributed by atoms with Crippen LogP contribution in [-0.4, -0.2) is 25.3 Å². The highest BCUT2D eigenvalue weighted by Crippen LogP contribution is 2.33. The summed E-state index contributed by atoms with van der Waals surface area (Å²) < 4.78 is 23.4. The van der Waals surface area contributed by atoms with Crippen LogP contribution >= 0.6 is 0 Å². The third-order valence-electron chi connectivity index (χ3n) is 3.46. The van der Waals surface area contributed by atoms with Crippen molar-refractivity contribution in [2.75, 3.05) is 14.2 Å². The van der Waals surface area contributed by atoms with Crippen LogP contribution in [0.1, 0.15) is 17.0 Å². The Morgan fingerprint density at radius 2 is 1.82 bits per heavy atom. The topological polar surface area (TPSA) is 55.8 Å². The number of ether oxygens (including phenoxy) is 2. The number of hydrogen-bond acceptors (Lipinski definition) is 3. The first-order valence-electron chi connectivity index (χ1n) is 6.74. The van der Waals surface area contributed by atoms with Crippen LogP contribution in [0.15, 0.2) is 42.5 Å². The zero-order chi connectivity index (χ0) is 16.1. The predicted molar refractivity (Wildman–Crippen MR) is 80.0 cm³/mol. The van der Waals surface area contributed by atoms with Gasteiger partial charge in [-0.1, -0.05) is 12.1 Å². The van der Waals surface area contributed by atoms with Gasteiger partial charge in [0.1, 0.15) is 17.3 Å². The van der Waals surface area contributed by atoms with Crippen molar-refractivity contribution in [2.24, 2.45) is 0 Å². The third-order valence-corrected chi connectivity index (χ3v) is 3.46. The van der Waals surface area contributed by atoms with Gasteiger partial charge in [-0.25, -0.2) is 4.39 Å². The summed E-state index contributed by atoms with van der Waals surface area (Å²) in [6.07, 6.45) is 0.235. The largest absolute Gasteiger partial charge is 0.497 e. The van der Waals surface area contributed by atoms with E-state index in [9.17, 15) is 14.3 Å². The summed E-state index contributed by atoms with van der Waals surface area (Å²) in [5, 5.41) is 9.56. The summed E-state index contributed by atoms with van der Waals surface area (Å²) in [6.45, 7) is 0. The van der Waals surface area contributed by atoms with E-state index in [1.165, 1.54) is 26.4 Å². The van der Waals surface area contributed by atoms with Gasteiger partial charge in [0, 0.05) is 5.56 Å². The lowest BCUT2D eigenvalue weighted by atomic mass is 9.91. The Bertz CT molecular complexity index is 652. The summed E-state index contributed by atoms with van der Waals surface area (Å²) >= 11 is 0. The van der Waals surface area contributed by atoms with Gasteiger partial charge in [-0.05, 0) is 42.3 Å². The van der Waals surface area contributed by atoms with Gasteiger partial charge in [0.2, 0.25) is 0 Å². The Balaban J connectivity index is 2.39. The fraction of sp³-hybridized carbons (Fsp3) is 0.235. The van der Waals surface area contributed by atoms with Crippen molar-refractivity contribution in [2.45, 2.75) is 12.3 Å². The minimum absolute atomic E-state index is 0.235. The second kappa shape index (κ2) is 6.93. The molecule has 0 bridgehead atoms. The average molecular weight is 304 g/mol. The van der Waals surface area contributed by atoms with Gasteiger partial charge in [0.05, 0.1) is 20.1 Å². The molecule has 0 saturated carbocycles. The fourth-order valence-electron chi connectivity index (χ4n) is 2.30. The number of aliphatic carboxylic acids is 1. The molecule has 2 rings (SSSR count). The molecule has 1 unspecified atom stereocenters. The molecule has 0 aliphatic carbocycles. The molecule has 2 aromatic rings. The molecule has 0 radical (unpaired) electrons. The lowest BCUT2D eigenvalue weighted by Crippen LogP contribution is -2.15. The number of carboxylic acids is 1. The molecule has 1 atom stereocenters. The van der Waals surface area contributed by atoms with E-state index in [4.69, 9.17) is 9.47 Å². The van der Waals surface area contributed by atoms with Gasteiger partial charge in [0.15, 0.2) is 0 Å². The molecule has 0 spiro atoms. The zero-order valence-electron chi connectivity index (χ0n) is 12.4. The maximum atomic E-state index is 13.0. The van der Waals surface area contributed by atoms with E-state index in [2.05, 4.69) is 0 Å². The first-order chi connectivity index (χ1) is 10.5. The first kappa shape index (κ1) is 15.8. The molecule has 0 saturated heterocycles. The average Bonchev–Trinajstić information content (AvgIpc) is 2.53. The first-order valence-corrected chi connectivity index (χ1v) is 6.74. The highest BCUT2D eigenvalue weighted by molar-refractivity contribution is 5.78. The number of carboxylic acid groups (broad SMARTS) is 1. The van der Waals surface area contributed by atoms with Crippen molar-refractivity contribution in [1.82, 2.24) is 0 Å². The molecule has 5 heteroatoms. The molecule has 2 aromatic carbocycles. The fourth-order valence-corrected chi connectivity index (χ4v) is 2.30. The van der Waals surface area contributed by atoms with Crippen molar-refractivity contribution >= 4 is 5.97 Å². The molecule has 0 aliphatic heterocycles. The zero-order valence-corrected chi connectivity index (χ0v) is 12.4. The van der Waals surface area contributed by atoms with Crippen LogP contribution in [0.2, 0.25) is 0 Å². The van der Waals surface area contributed by atoms with Gasteiger partial charge in [-0.3, -0.25) is 4.79 Å². The van der Waals surface area contributed by atoms with Crippen molar-refractivity contribution in [1.29, 1.82) is 0 Å². The van der Waals surface area contributed by atoms with Crippen molar-refractivity contribution in [3.8, 4) is 11.5 Å². The third kappa shape index (κ3) is 3.55. The molecule has 1 N–H and O–H groups in total. The monoisotopic (exact) mass is 304 g/mol. The van der Waals surface area contributed by atoms with E-state index < -0.39 is 11.9 Å². The summed E-state index contributed by atoms with van der Waals surface area (Å²) in [5.41, 5.74) is 1.26. The van der Waals surface area contributed by atoms with Gasteiger partial charge in [-0.2, -0.15) is 0 Å². The van der Waals surface area contributed by atoms with Crippen molar-refractivity contribution in [3.05, 3.63) is 59.4 Å². The predicted octanol–water partition coefficient (Wildman–Crippen LogP) is 3.25. The highest BCUT2D eigenvalue weighted by Gasteiger charge is 2.24. The van der Waals surface area contributed by atoms with E-state index >= 15 is 0 Å². The van der Waals surface area contributed by atoms with Gasteiger partial charge in [-0.15, -0.1) is 0 Å². The van der Waals surface area contributed by atoms with Gasteiger partial charge in [0.25, 0.3) is 0 Å². The summed E-state index contributed by atoms with van der Waals surface area (Å²) in [5.74, 6) is -1.10. The van der Waals surface area contributed by atoms with Gasteiger partial charge < -0.3 is 14.6 Å². The van der Waals surface area contributed by atoms with Crippen LogP contribution in [0.3, 0.4) is 0 Å². The molecule has 116 valence electrons. The Hall–Kier alpha value is -2.56. The van der Waals surface area contributed by atoms with E-state index in [-0.39, 0.29) is 12.2 Å². The second-order valence-corrected chi connectivity index (χ2v) is 4.83. The lowest BCUT2D eigenvalue weighted by Gasteiger charge is -2.17. The number of hydrogen-bond donors (Lipinski definition) is 1. The van der Waals surface area contributed by atoms with E-state index in [0.29, 0.717) is 17.1 Å². The SMILES string of the molecule is COc1ccc(OC)c(C(Cc2ccc(F)cc2)C(=O)O)c1. The Labute approximate surface area is 128 Å². The van der Waals surface area contributed by atoms with Crippen LogP contribution in [0.4, 0.5) is 4.39 Å². The molecule has 22 heavy (non-hydrogen) atoms. The minimum atomic E-state index is -0.976. The van der Waals surface area contributed by atoms with Crippen LogP contribution < -0.4 is 9.47 Å². The Morgan fingerprint density at radius 3 is 2.36 bits per heavy atom. The van der Waals surface area contributed by atoms with Crippen LogP contribution in [0.25, 0.3) is 0 Å². The maximum Gasteiger partial charge on any atom is 0.311 e. The van der Waals surface area contributed by atoms with Crippen LogP contribution in [0.5, 0.6) is 11.5 Å². The second-order valence-electron chi connectivity index (χ2n) is 4.83. The standard InChI is InChI=1S/C17H17FO4/c1-21-13-7-8-16(22-2)14(10-13)15(17(19)20)9-11-3-5-12(18)6-4-11/h3-8,10,15H,9H2,1-2H3,(H,19,20).